The van der Waals surface area contributed by atoms with Crippen molar-refractivity contribution in [2.24, 2.45) is 11.8 Å². The quantitative estimate of drug-likeness (QED) is 0.799. The average molecular weight is 295 g/mol. The Morgan fingerprint density at radius 2 is 1.76 bits per heavy atom. The predicted octanol–water partition coefficient (Wildman–Crippen LogP) is 1.14. The summed E-state index contributed by atoms with van der Waals surface area (Å²) in [5, 5.41) is 6.24. The topological polar surface area (TPSA) is 61.4 Å². The molecule has 21 heavy (non-hydrogen) atoms. The summed E-state index contributed by atoms with van der Waals surface area (Å²) in [4.78, 5) is 25.2. The van der Waals surface area contributed by atoms with Crippen LogP contribution in [0, 0.1) is 11.8 Å². The molecule has 5 heteroatoms. The highest BCUT2D eigenvalue weighted by Gasteiger charge is 2.23. The maximum absolute atomic E-state index is 12.3. The molecule has 0 unspecified atom stereocenters. The van der Waals surface area contributed by atoms with Crippen LogP contribution in [0.2, 0.25) is 0 Å². The summed E-state index contributed by atoms with van der Waals surface area (Å²) >= 11 is 0. The van der Waals surface area contributed by atoms with Crippen LogP contribution in [-0.4, -0.2) is 49.4 Å². The van der Waals surface area contributed by atoms with E-state index in [0.29, 0.717) is 18.2 Å². The van der Waals surface area contributed by atoms with Gasteiger partial charge >= 0.3 is 0 Å². The number of rotatable bonds is 5. The Bertz CT molecular complexity index is 345. The van der Waals surface area contributed by atoms with Gasteiger partial charge in [0.25, 0.3) is 0 Å². The van der Waals surface area contributed by atoms with Crippen molar-refractivity contribution in [1.82, 2.24) is 15.5 Å². The Kier molecular flexibility index (Phi) is 6.49. The molecule has 2 saturated heterocycles. The van der Waals surface area contributed by atoms with E-state index in [-0.39, 0.29) is 5.91 Å². The second kappa shape index (κ2) is 8.37. The molecule has 0 spiro atoms. The number of hydrogen-bond donors (Lipinski definition) is 2. The first-order chi connectivity index (χ1) is 10.1. The third kappa shape index (κ3) is 5.65. The van der Waals surface area contributed by atoms with Gasteiger partial charge in [-0.2, -0.15) is 0 Å². The number of carbonyl (C=O) groups excluding carboxylic acids is 2. The molecule has 2 fully saturated rings. The molecule has 0 saturated carbocycles. The zero-order valence-electron chi connectivity index (χ0n) is 13.2. The van der Waals surface area contributed by atoms with E-state index in [1.165, 1.54) is 12.8 Å². The Morgan fingerprint density at radius 3 is 2.38 bits per heavy atom. The maximum Gasteiger partial charge on any atom is 0.222 e. The lowest BCUT2D eigenvalue weighted by molar-refractivity contribution is -0.133. The second-order valence-corrected chi connectivity index (χ2v) is 6.49. The minimum Gasteiger partial charge on any atom is -0.356 e. The van der Waals surface area contributed by atoms with Crippen LogP contribution in [0.4, 0.5) is 0 Å². The summed E-state index contributed by atoms with van der Waals surface area (Å²) in [6, 6.07) is 0. The number of amides is 2. The molecule has 0 aromatic carbocycles. The van der Waals surface area contributed by atoms with Gasteiger partial charge in [0.15, 0.2) is 0 Å². The number of piperidine rings is 2. The van der Waals surface area contributed by atoms with Crippen LogP contribution in [0.3, 0.4) is 0 Å². The highest BCUT2D eigenvalue weighted by atomic mass is 16.2. The van der Waals surface area contributed by atoms with Crippen molar-refractivity contribution in [2.45, 2.75) is 45.4 Å². The molecule has 2 aliphatic rings. The third-order valence-corrected chi connectivity index (χ3v) is 4.83. The SMILES string of the molecule is CC(=O)NCC1CCN(C(=O)CCC2CCNCC2)CC1. The molecular formula is C16H29N3O2. The Labute approximate surface area is 127 Å². The van der Waals surface area contributed by atoms with Crippen LogP contribution in [0.15, 0.2) is 0 Å². The third-order valence-electron chi connectivity index (χ3n) is 4.83. The van der Waals surface area contributed by atoms with E-state index < -0.39 is 0 Å². The minimum absolute atomic E-state index is 0.0375. The monoisotopic (exact) mass is 295 g/mol. The van der Waals surface area contributed by atoms with E-state index in [1.807, 2.05) is 4.90 Å². The van der Waals surface area contributed by atoms with E-state index >= 15 is 0 Å². The van der Waals surface area contributed by atoms with Crippen LogP contribution in [-0.2, 0) is 9.59 Å². The van der Waals surface area contributed by atoms with Crippen molar-refractivity contribution in [2.75, 3.05) is 32.7 Å². The van der Waals surface area contributed by atoms with Crippen LogP contribution in [0.25, 0.3) is 0 Å². The van der Waals surface area contributed by atoms with Crippen molar-refractivity contribution in [1.29, 1.82) is 0 Å². The van der Waals surface area contributed by atoms with Gasteiger partial charge in [0.2, 0.25) is 11.8 Å². The van der Waals surface area contributed by atoms with Gasteiger partial charge in [-0.3, -0.25) is 9.59 Å². The lowest BCUT2D eigenvalue weighted by Gasteiger charge is -2.32. The maximum atomic E-state index is 12.3. The highest BCUT2D eigenvalue weighted by molar-refractivity contribution is 5.76. The molecule has 120 valence electrons. The van der Waals surface area contributed by atoms with Gasteiger partial charge < -0.3 is 15.5 Å². The summed E-state index contributed by atoms with van der Waals surface area (Å²) in [6.45, 7) is 6.23. The first-order valence-corrected chi connectivity index (χ1v) is 8.38. The van der Waals surface area contributed by atoms with Crippen molar-refractivity contribution >= 4 is 11.8 Å². The van der Waals surface area contributed by atoms with Crippen LogP contribution >= 0.6 is 0 Å². The van der Waals surface area contributed by atoms with Gasteiger partial charge in [-0.15, -0.1) is 0 Å². The van der Waals surface area contributed by atoms with E-state index in [0.717, 1.165) is 57.9 Å². The standard InChI is InChI=1S/C16H29N3O2/c1-13(20)18-12-15-6-10-19(11-7-15)16(21)3-2-14-4-8-17-9-5-14/h14-15,17H,2-12H2,1H3,(H,18,20). The van der Waals surface area contributed by atoms with Crippen molar-refractivity contribution < 1.29 is 9.59 Å². The van der Waals surface area contributed by atoms with Gasteiger partial charge in [-0.1, -0.05) is 0 Å². The first-order valence-electron chi connectivity index (χ1n) is 8.38. The largest absolute Gasteiger partial charge is 0.356 e. The average Bonchev–Trinajstić information content (AvgIpc) is 2.52. The summed E-state index contributed by atoms with van der Waals surface area (Å²) in [7, 11) is 0. The predicted molar refractivity (Wildman–Crippen MR) is 82.8 cm³/mol. The Hall–Kier alpha value is -1.10. The molecule has 0 bridgehead atoms. The number of carbonyl (C=O) groups is 2. The summed E-state index contributed by atoms with van der Waals surface area (Å²) in [5.74, 6) is 1.62. The van der Waals surface area contributed by atoms with Gasteiger partial charge in [-0.05, 0) is 57.0 Å². The molecule has 2 aliphatic heterocycles. The molecule has 2 amide bonds. The lowest BCUT2D eigenvalue weighted by atomic mass is 9.92. The van der Waals surface area contributed by atoms with Gasteiger partial charge in [0.1, 0.15) is 0 Å². The van der Waals surface area contributed by atoms with E-state index in [2.05, 4.69) is 10.6 Å². The number of likely N-dealkylation sites (tertiary alicyclic amines) is 1. The smallest absolute Gasteiger partial charge is 0.222 e. The fourth-order valence-corrected chi connectivity index (χ4v) is 3.33. The molecule has 2 heterocycles. The lowest BCUT2D eigenvalue weighted by Crippen LogP contribution is -2.41. The van der Waals surface area contributed by atoms with Crippen LogP contribution < -0.4 is 10.6 Å². The van der Waals surface area contributed by atoms with Gasteiger partial charge in [-0.25, -0.2) is 0 Å². The zero-order valence-corrected chi connectivity index (χ0v) is 13.2. The fraction of sp³-hybridized carbons (Fsp3) is 0.875. The van der Waals surface area contributed by atoms with Gasteiger partial charge in [0.05, 0.1) is 0 Å². The van der Waals surface area contributed by atoms with E-state index in [9.17, 15) is 9.59 Å². The normalized spacial score (nSPS) is 21.3. The first kappa shape index (κ1) is 16.3. The molecule has 0 aliphatic carbocycles. The van der Waals surface area contributed by atoms with Gasteiger partial charge in [0, 0.05) is 33.0 Å². The van der Waals surface area contributed by atoms with E-state index in [1.54, 1.807) is 6.92 Å². The molecule has 2 rings (SSSR count). The summed E-state index contributed by atoms with van der Waals surface area (Å²) in [6.07, 6.45) is 6.21. The number of nitrogens with one attached hydrogen (secondary N) is 2. The fourth-order valence-electron chi connectivity index (χ4n) is 3.33. The highest BCUT2D eigenvalue weighted by Crippen LogP contribution is 2.21. The van der Waals surface area contributed by atoms with E-state index in [4.69, 9.17) is 0 Å². The number of nitrogens with zero attached hydrogens (tertiary/aromatic N) is 1. The summed E-state index contributed by atoms with van der Waals surface area (Å²) < 4.78 is 0. The molecule has 2 N–H and O–H groups in total. The van der Waals surface area contributed by atoms with Crippen LogP contribution in [0.1, 0.15) is 45.4 Å². The second-order valence-electron chi connectivity index (χ2n) is 6.49. The zero-order chi connectivity index (χ0) is 15.1. The molecular weight excluding hydrogens is 266 g/mol. The summed E-state index contributed by atoms with van der Waals surface area (Å²) in [5.41, 5.74) is 0. The Balaban J connectivity index is 1.62. The van der Waals surface area contributed by atoms with Crippen molar-refractivity contribution in [3.63, 3.8) is 0 Å². The Morgan fingerprint density at radius 1 is 1.10 bits per heavy atom. The molecule has 0 aromatic rings. The van der Waals surface area contributed by atoms with Crippen molar-refractivity contribution in [3.05, 3.63) is 0 Å². The molecule has 0 atom stereocenters. The van der Waals surface area contributed by atoms with Crippen LogP contribution in [0.5, 0.6) is 0 Å². The molecule has 0 radical (unpaired) electrons. The molecule has 0 aromatic heterocycles. The number of hydrogen-bond acceptors (Lipinski definition) is 3. The minimum atomic E-state index is 0.0375. The van der Waals surface area contributed by atoms with Crippen molar-refractivity contribution in [3.8, 4) is 0 Å². The molecule has 5 nitrogen and oxygen atoms in total.